The number of halogens is 5. The van der Waals surface area contributed by atoms with Gasteiger partial charge >= 0.3 is 0 Å². The largest absolute Gasteiger partial charge is 0.392 e. The number of carbonyl (C=O) groups is 1. The van der Waals surface area contributed by atoms with Gasteiger partial charge in [0.15, 0.2) is 29.6 Å². The molecule has 1 amide bonds. The molecule has 258 valence electrons. The molecule has 12 heteroatoms. The molecule has 6 rings (SSSR count). The standard InChI is InChI=1S/C37H35F5N2O5/c1-21-28(19-44-14-16-47-17-15-44)48-37(49-35(21)24-8-6-22(20-45)7-9-24)25-12-10-23(11-13-25)27-5-3-2-4-26(27)18-43-36(46)29-30(38)32(40)34(42)33(41)31(29)39/h2-13,21,28,35,37,45H,14-20H2,1H3,(H,43,46)/t21-,28+,35+,37+/m0/s1. The first-order chi connectivity index (χ1) is 23.7. The van der Waals surface area contributed by atoms with Crippen LogP contribution in [0.1, 0.15) is 51.9 Å². The smallest absolute Gasteiger partial charge is 0.257 e. The number of morpholine rings is 1. The second-order valence-corrected chi connectivity index (χ2v) is 12.1. The SMILES string of the molecule is C[C@H]1[C@@H](CN2CCOCC2)O[C@@H](c2ccc(-c3ccccc3CNC(=O)c3c(F)c(F)c(F)c(F)c3F)cc2)O[C@H]1c1ccc(CO)cc1. The third-order valence-electron chi connectivity index (χ3n) is 9.05. The number of hydrogen-bond donors (Lipinski definition) is 2. The fourth-order valence-electron chi connectivity index (χ4n) is 6.21. The number of hydrogen-bond acceptors (Lipinski definition) is 6. The van der Waals surface area contributed by atoms with E-state index in [-0.39, 0.29) is 31.3 Å². The van der Waals surface area contributed by atoms with Gasteiger partial charge in [-0.3, -0.25) is 9.69 Å². The van der Waals surface area contributed by atoms with Crippen LogP contribution in [0.25, 0.3) is 11.1 Å². The Morgan fingerprint density at radius 2 is 1.43 bits per heavy atom. The van der Waals surface area contributed by atoms with E-state index in [4.69, 9.17) is 14.2 Å². The fraction of sp³-hybridized carbons (Fsp3) is 0.324. The molecule has 4 aromatic rings. The number of aliphatic hydroxyl groups is 1. The molecule has 0 aromatic heterocycles. The van der Waals surface area contributed by atoms with Crippen LogP contribution in [0.3, 0.4) is 0 Å². The average molecular weight is 683 g/mol. The first-order valence-electron chi connectivity index (χ1n) is 15.9. The molecular formula is C37H35F5N2O5. The lowest BCUT2D eigenvalue weighted by atomic mass is 9.90. The highest BCUT2D eigenvalue weighted by Crippen LogP contribution is 2.42. The number of rotatable bonds is 9. The van der Waals surface area contributed by atoms with E-state index >= 15 is 0 Å². The van der Waals surface area contributed by atoms with Gasteiger partial charge in [0.1, 0.15) is 5.56 Å². The van der Waals surface area contributed by atoms with Gasteiger partial charge in [0.25, 0.3) is 5.91 Å². The third kappa shape index (κ3) is 7.38. The Morgan fingerprint density at radius 1 is 0.816 bits per heavy atom. The summed E-state index contributed by atoms with van der Waals surface area (Å²) in [6, 6.07) is 22.1. The number of nitrogens with zero attached hydrogens (tertiary/aromatic N) is 1. The molecule has 2 saturated heterocycles. The number of nitrogens with one attached hydrogen (secondary N) is 1. The Labute approximate surface area is 280 Å². The Bertz CT molecular complexity index is 1750. The molecule has 2 fully saturated rings. The zero-order valence-electron chi connectivity index (χ0n) is 26.6. The molecular weight excluding hydrogens is 647 g/mol. The Morgan fingerprint density at radius 3 is 2.08 bits per heavy atom. The van der Waals surface area contributed by atoms with E-state index in [0.717, 1.165) is 35.3 Å². The lowest BCUT2D eigenvalue weighted by Crippen LogP contribution is -2.47. The Hall–Kier alpha value is -4.20. The van der Waals surface area contributed by atoms with Crippen LogP contribution in [0.15, 0.2) is 72.8 Å². The van der Waals surface area contributed by atoms with Gasteiger partial charge in [-0.25, -0.2) is 22.0 Å². The first-order valence-corrected chi connectivity index (χ1v) is 15.9. The van der Waals surface area contributed by atoms with Crippen molar-refractivity contribution in [2.45, 2.75) is 38.6 Å². The summed E-state index contributed by atoms with van der Waals surface area (Å²) in [5.74, 6) is -12.5. The van der Waals surface area contributed by atoms with E-state index in [1.54, 1.807) is 24.3 Å². The lowest BCUT2D eigenvalue weighted by Gasteiger charge is -2.43. The maximum atomic E-state index is 14.2. The second-order valence-electron chi connectivity index (χ2n) is 12.1. The van der Waals surface area contributed by atoms with Crippen LogP contribution in [0.5, 0.6) is 0 Å². The highest BCUT2D eigenvalue weighted by atomic mass is 19.2. The second kappa shape index (κ2) is 15.1. The summed E-state index contributed by atoms with van der Waals surface area (Å²) in [5.41, 5.74) is 2.98. The van der Waals surface area contributed by atoms with Crippen LogP contribution >= 0.6 is 0 Å². The van der Waals surface area contributed by atoms with Crippen LogP contribution < -0.4 is 5.32 Å². The van der Waals surface area contributed by atoms with E-state index in [9.17, 15) is 31.9 Å². The maximum Gasteiger partial charge on any atom is 0.257 e. The van der Waals surface area contributed by atoms with Crippen LogP contribution in [0.2, 0.25) is 0 Å². The number of benzene rings is 4. The number of carbonyl (C=O) groups excluding carboxylic acids is 1. The number of ether oxygens (including phenoxy) is 3. The number of aliphatic hydroxyl groups excluding tert-OH is 1. The normalized spacial score (nSPS) is 21.4. The van der Waals surface area contributed by atoms with Gasteiger partial charge in [-0.1, -0.05) is 79.7 Å². The molecule has 4 aromatic carbocycles. The van der Waals surface area contributed by atoms with E-state index in [0.29, 0.717) is 30.9 Å². The topological polar surface area (TPSA) is 80.3 Å². The van der Waals surface area contributed by atoms with Crippen LogP contribution in [-0.4, -0.2) is 54.9 Å². The maximum absolute atomic E-state index is 14.2. The van der Waals surface area contributed by atoms with Gasteiger partial charge in [0, 0.05) is 37.7 Å². The molecule has 49 heavy (non-hydrogen) atoms. The zero-order valence-corrected chi connectivity index (χ0v) is 26.6. The summed E-state index contributed by atoms with van der Waals surface area (Å²) in [6.07, 6.45) is -1.12. The average Bonchev–Trinajstić information content (AvgIpc) is 3.14. The van der Waals surface area contributed by atoms with Gasteiger partial charge in [0.2, 0.25) is 5.82 Å². The van der Waals surface area contributed by atoms with E-state index in [2.05, 4.69) is 17.1 Å². The molecule has 2 aliphatic rings. The van der Waals surface area contributed by atoms with Crippen molar-refractivity contribution < 1.29 is 46.1 Å². The first kappa shape index (κ1) is 34.7. The van der Waals surface area contributed by atoms with Crippen molar-refractivity contribution in [2.75, 3.05) is 32.8 Å². The van der Waals surface area contributed by atoms with E-state index in [1.807, 2.05) is 48.5 Å². The molecule has 0 radical (unpaired) electrons. The third-order valence-corrected chi connectivity index (χ3v) is 9.05. The highest BCUT2D eigenvalue weighted by Gasteiger charge is 2.39. The van der Waals surface area contributed by atoms with Crippen molar-refractivity contribution in [3.05, 3.63) is 130 Å². The van der Waals surface area contributed by atoms with Crippen LogP contribution in [-0.2, 0) is 27.4 Å². The molecule has 2 N–H and O–H groups in total. The fourth-order valence-corrected chi connectivity index (χ4v) is 6.21. The summed E-state index contributed by atoms with van der Waals surface area (Å²) >= 11 is 0. The minimum Gasteiger partial charge on any atom is -0.392 e. The Balaban J connectivity index is 1.21. The summed E-state index contributed by atoms with van der Waals surface area (Å²) in [5, 5.41) is 11.8. The summed E-state index contributed by atoms with van der Waals surface area (Å²) in [7, 11) is 0. The quantitative estimate of drug-likeness (QED) is 0.118. The van der Waals surface area contributed by atoms with Gasteiger partial charge < -0.3 is 24.6 Å². The molecule has 0 bridgehead atoms. The molecule has 0 spiro atoms. The number of amides is 1. The van der Waals surface area contributed by atoms with Crippen molar-refractivity contribution in [1.82, 2.24) is 10.2 Å². The van der Waals surface area contributed by atoms with Crippen molar-refractivity contribution >= 4 is 5.91 Å². The Kier molecular flexibility index (Phi) is 10.7. The summed E-state index contributed by atoms with van der Waals surface area (Å²) in [4.78, 5) is 14.9. The zero-order chi connectivity index (χ0) is 34.7. The van der Waals surface area contributed by atoms with Crippen molar-refractivity contribution in [3.8, 4) is 11.1 Å². The van der Waals surface area contributed by atoms with E-state index in [1.165, 1.54) is 0 Å². The molecule has 2 heterocycles. The molecule has 0 unspecified atom stereocenters. The molecule has 0 saturated carbocycles. The monoisotopic (exact) mass is 682 g/mol. The molecule has 7 nitrogen and oxygen atoms in total. The predicted molar refractivity (Wildman–Crippen MR) is 170 cm³/mol. The van der Waals surface area contributed by atoms with Gasteiger partial charge in [-0.15, -0.1) is 0 Å². The highest BCUT2D eigenvalue weighted by molar-refractivity contribution is 5.95. The van der Waals surface area contributed by atoms with Crippen LogP contribution in [0, 0.1) is 35.0 Å². The van der Waals surface area contributed by atoms with Crippen LogP contribution in [0.4, 0.5) is 22.0 Å². The molecule has 2 aliphatic heterocycles. The van der Waals surface area contributed by atoms with Gasteiger partial charge in [-0.2, -0.15) is 0 Å². The predicted octanol–water partition coefficient (Wildman–Crippen LogP) is 6.60. The van der Waals surface area contributed by atoms with Crippen molar-refractivity contribution in [2.24, 2.45) is 5.92 Å². The minimum atomic E-state index is -2.33. The van der Waals surface area contributed by atoms with Gasteiger partial charge in [-0.05, 0) is 27.8 Å². The van der Waals surface area contributed by atoms with Crippen molar-refractivity contribution in [3.63, 3.8) is 0 Å². The van der Waals surface area contributed by atoms with Crippen molar-refractivity contribution in [1.29, 1.82) is 0 Å². The lowest BCUT2D eigenvalue weighted by molar-refractivity contribution is -0.277. The molecule has 4 atom stereocenters. The van der Waals surface area contributed by atoms with Gasteiger partial charge in [0.05, 0.1) is 32.0 Å². The van der Waals surface area contributed by atoms with E-state index < -0.39 is 46.8 Å². The summed E-state index contributed by atoms with van der Waals surface area (Å²) in [6.45, 7) is 5.46. The summed E-state index contributed by atoms with van der Waals surface area (Å²) < 4.78 is 87.9. The minimum absolute atomic E-state index is 0.0188. The molecule has 0 aliphatic carbocycles.